The fourth-order valence-electron chi connectivity index (χ4n) is 2.40. The van der Waals surface area contributed by atoms with Crippen molar-refractivity contribution in [3.8, 4) is 0 Å². The third kappa shape index (κ3) is 4.31. The van der Waals surface area contributed by atoms with Crippen molar-refractivity contribution in [1.29, 1.82) is 0 Å². The second kappa shape index (κ2) is 7.23. The molecule has 1 N–H and O–H groups in total. The third-order valence-electron chi connectivity index (χ3n) is 3.50. The monoisotopic (exact) mass is 265 g/mol. The molecule has 106 valence electrons. The zero-order chi connectivity index (χ0) is 13.5. The van der Waals surface area contributed by atoms with Gasteiger partial charge in [0.25, 0.3) is 0 Å². The van der Waals surface area contributed by atoms with Crippen LogP contribution in [0.4, 0.5) is 0 Å². The smallest absolute Gasteiger partial charge is 0.244 e. The molecular weight excluding hydrogens is 242 g/mol. The number of carbonyl (C=O) groups is 1. The maximum Gasteiger partial charge on any atom is 0.244 e. The Hall–Kier alpha value is -1.43. The Morgan fingerprint density at radius 1 is 1.58 bits per heavy atom. The first-order valence-corrected chi connectivity index (χ1v) is 7.13. The van der Waals surface area contributed by atoms with Crippen molar-refractivity contribution in [2.24, 2.45) is 0 Å². The maximum absolute atomic E-state index is 12.3. The second-order valence-corrected chi connectivity index (χ2v) is 5.08. The van der Waals surface area contributed by atoms with Gasteiger partial charge in [0.1, 0.15) is 19.2 Å². The molecule has 2 heterocycles. The summed E-state index contributed by atoms with van der Waals surface area (Å²) in [7, 11) is 0. The Morgan fingerprint density at radius 3 is 3.11 bits per heavy atom. The van der Waals surface area contributed by atoms with Crippen LogP contribution in [0.2, 0.25) is 0 Å². The van der Waals surface area contributed by atoms with Crippen LogP contribution < -0.4 is 5.32 Å². The van der Waals surface area contributed by atoms with Gasteiger partial charge in [-0.25, -0.2) is 9.67 Å². The minimum Gasteiger partial charge on any atom is -0.340 e. The second-order valence-electron chi connectivity index (χ2n) is 5.08. The molecule has 1 aromatic rings. The van der Waals surface area contributed by atoms with Gasteiger partial charge in [0.05, 0.1) is 0 Å². The number of unbranched alkanes of at least 4 members (excludes halogenated alkanes) is 1. The van der Waals surface area contributed by atoms with Crippen LogP contribution in [-0.2, 0) is 11.3 Å². The highest BCUT2D eigenvalue weighted by molar-refractivity contribution is 5.75. The van der Waals surface area contributed by atoms with Crippen molar-refractivity contribution in [3.63, 3.8) is 0 Å². The average molecular weight is 265 g/mol. The summed E-state index contributed by atoms with van der Waals surface area (Å²) in [5.74, 6) is 0.132. The van der Waals surface area contributed by atoms with Gasteiger partial charge in [0.15, 0.2) is 0 Å². The maximum atomic E-state index is 12.3. The van der Waals surface area contributed by atoms with E-state index in [1.54, 1.807) is 11.0 Å². The van der Waals surface area contributed by atoms with Crippen molar-refractivity contribution in [3.05, 3.63) is 12.7 Å². The molecule has 0 aromatic carbocycles. The van der Waals surface area contributed by atoms with E-state index in [2.05, 4.69) is 22.3 Å². The number of nitrogens with one attached hydrogen (secondary N) is 1. The highest BCUT2D eigenvalue weighted by Gasteiger charge is 2.21. The molecule has 6 heteroatoms. The first-order chi connectivity index (χ1) is 9.29. The molecule has 2 rings (SSSR count). The number of aromatic nitrogens is 3. The Kier molecular flexibility index (Phi) is 5.32. The summed E-state index contributed by atoms with van der Waals surface area (Å²) < 4.78 is 1.59. The Morgan fingerprint density at radius 2 is 2.47 bits per heavy atom. The first kappa shape index (κ1) is 14.0. The summed E-state index contributed by atoms with van der Waals surface area (Å²) >= 11 is 0. The molecule has 1 aliphatic heterocycles. The molecule has 19 heavy (non-hydrogen) atoms. The van der Waals surface area contributed by atoms with Crippen LogP contribution in [0.3, 0.4) is 0 Å². The molecule has 0 spiro atoms. The Balaban J connectivity index is 1.88. The lowest BCUT2D eigenvalue weighted by molar-refractivity contribution is -0.132. The largest absolute Gasteiger partial charge is 0.340 e. The zero-order valence-electron chi connectivity index (χ0n) is 11.6. The average Bonchev–Trinajstić information content (AvgIpc) is 3.07. The lowest BCUT2D eigenvalue weighted by Gasteiger charge is -2.25. The normalized spacial score (nSPS) is 18.7. The number of rotatable bonds is 7. The van der Waals surface area contributed by atoms with E-state index in [0.29, 0.717) is 6.04 Å². The number of hydrogen-bond acceptors (Lipinski definition) is 4. The molecule has 1 amide bonds. The molecule has 1 unspecified atom stereocenters. The number of amides is 1. The molecule has 1 saturated heterocycles. The van der Waals surface area contributed by atoms with Crippen LogP contribution in [0.15, 0.2) is 12.7 Å². The predicted octanol–water partition coefficient (Wildman–Crippen LogP) is 0.659. The molecular formula is C13H23N5O. The Bertz CT molecular complexity index is 372. The van der Waals surface area contributed by atoms with Crippen molar-refractivity contribution < 1.29 is 4.79 Å². The van der Waals surface area contributed by atoms with Gasteiger partial charge in [0.2, 0.25) is 5.91 Å². The predicted molar refractivity (Wildman–Crippen MR) is 72.5 cm³/mol. The molecule has 0 aliphatic carbocycles. The minimum atomic E-state index is 0.132. The highest BCUT2D eigenvalue weighted by atomic mass is 16.2. The van der Waals surface area contributed by atoms with Crippen LogP contribution >= 0.6 is 0 Å². The van der Waals surface area contributed by atoms with Crippen LogP contribution in [0.5, 0.6) is 0 Å². The van der Waals surface area contributed by atoms with Crippen molar-refractivity contribution >= 4 is 5.91 Å². The lowest BCUT2D eigenvalue weighted by Crippen LogP contribution is -2.43. The van der Waals surface area contributed by atoms with Crippen molar-refractivity contribution in [1.82, 2.24) is 25.0 Å². The van der Waals surface area contributed by atoms with Crippen molar-refractivity contribution in [2.75, 3.05) is 19.6 Å². The van der Waals surface area contributed by atoms with E-state index in [1.807, 2.05) is 4.90 Å². The molecule has 1 aromatic heterocycles. The quantitative estimate of drug-likeness (QED) is 0.786. The van der Waals surface area contributed by atoms with Crippen molar-refractivity contribution in [2.45, 2.75) is 45.2 Å². The standard InChI is InChI=1S/C13H23N5O/c1-2-3-7-17(8-12-5-4-6-15-12)13(19)9-18-11-14-10-16-18/h10-12,15H,2-9H2,1H3. The molecule has 0 bridgehead atoms. The summed E-state index contributed by atoms with van der Waals surface area (Å²) in [4.78, 5) is 18.1. The van der Waals surface area contributed by atoms with Gasteiger partial charge in [-0.15, -0.1) is 0 Å². The van der Waals surface area contributed by atoms with Crippen LogP contribution in [0, 0.1) is 0 Å². The molecule has 1 fully saturated rings. The van der Waals surface area contributed by atoms with Crippen LogP contribution in [0.25, 0.3) is 0 Å². The summed E-state index contributed by atoms with van der Waals surface area (Å²) in [6.07, 6.45) is 7.58. The summed E-state index contributed by atoms with van der Waals surface area (Å²) in [6, 6.07) is 0.455. The van der Waals surface area contributed by atoms with E-state index in [1.165, 1.54) is 19.2 Å². The van der Waals surface area contributed by atoms with E-state index < -0.39 is 0 Å². The van der Waals surface area contributed by atoms with E-state index in [4.69, 9.17) is 0 Å². The van der Waals surface area contributed by atoms with E-state index in [0.717, 1.165) is 32.5 Å². The van der Waals surface area contributed by atoms with Crippen LogP contribution in [0.1, 0.15) is 32.6 Å². The van der Waals surface area contributed by atoms with E-state index in [-0.39, 0.29) is 12.5 Å². The van der Waals surface area contributed by atoms with E-state index >= 15 is 0 Å². The summed E-state index contributed by atoms with van der Waals surface area (Å²) in [6.45, 7) is 5.16. The molecule has 6 nitrogen and oxygen atoms in total. The SMILES string of the molecule is CCCCN(CC1CCCN1)C(=O)Cn1cncn1. The highest BCUT2D eigenvalue weighted by Crippen LogP contribution is 2.08. The molecule has 1 atom stereocenters. The van der Waals surface area contributed by atoms with Gasteiger partial charge in [-0.3, -0.25) is 4.79 Å². The fourth-order valence-corrected chi connectivity index (χ4v) is 2.40. The summed E-state index contributed by atoms with van der Waals surface area (Å²) in [5.41, 5.74) is 0. The number of hydrogen-bond donors (Lipinski definition) is 1. The number of carbonyl (C=O) groups excluding carboxylic acids is 1. The zero-order valence-corrected chi connectivity index (χ0v) is 11.6. The molecule has 0 radical (unpaired) electrons. The van der Waals surface area contributed by atoms with E-state index in [9.17, 15) is 4.79 Å². The van der Waals surface area contributed by atoms with Gasteiger partial charge < -0.3 is 10.2 Å². The third-order valence-corrected chi connectivity index (χ3v) is 3.50. The van der Waals surface area contributed by atoms with Gasteiger partial charge >= 0.3 is 0 Å². The first-order valence-electron chi connectivity index (χ1n) is 7.13. The molecule has 1 aliphatic rings. The van der Waals surface area contributed by atoms with Gasteiger partial charge in [-0.1, -0.05) is 13.3 Å². The lowest BCUT2D eigenvalue weighted by atomic mass is 10.2. The fraction of sp³-hybridized carbons (Fsp3) is 0.769. The van der Waals surface area contributed by atoms with Gasteiger partial charge in [0, 0.05) is 19.1 Å². The van der Waals surface area contributed by atoms with Gasteiger partial charge in [-0.2, -0.15) is 5.10 Å². The minimum absolute atomic E-state index is 0.132. The topological polar surface area (TPSA) is 63.1 Å². The number of nitrogens with zero attached hydrogens (tertiary/aromatic N) is 4. The Labute approximate surface area is 114 Å². The van der Waals surface area contributed by atoms with Gasteiger partial charge in [-0.05, 0) is 25.8 Å². The summed E-state index contributed by atoms with van der Waals surface area (Å²) in [5, 5.41) is 7.44. The van der Waals surface area contributed by atoms with Crippen LogP contribution in [-0.4, -0.2) is 51.2 Å². The molecule has 0 saturated carbocycles.